The third-order valence-corrected chi connectivity index (χ3v) is 7.33. The number of carbonyl (C=O) groups is 1. The highest BCUT2D eigenvalue weighted by Gasteiger charge is 2.21. The molecule has 7 heteroatoms. The number of benzene rings is 3. The number of aliphatic hydroxyl groups excluding tert-OH is 1. The van der Waals surface area contributed by atoms with Crippen LogP contribution in [0.5, 0.6) is 0 Å². The summed E-state index contributed by atoms with van der Waals surface area (Å²) >= 11 is 1.39. The molecule has 3 aromatic rings. The fourth-order valence-corrected chi connectivity index (χ4v) is 4.93. The average molecular weight is 540 g/mol. The summed E-state index contributed by atoms with van der Waals surface area (Å²) in [5.74, 6) is -0.562. The predicted molar refractivity (Wildman–Crippen MR) is 152 cm³/mol. The minimum Gasteiger partial charge on any atom is -0.465 e. The molecule has 0 heterocycles. The van der Waals surface area contributed by atoms with E-state index < -0.39 is 6.10 Å². The second-order valence-corrected chi connectivity index (χ2v) is 11.0. The standard InChI is InChI=1S/C31H38FNO4S/c1-20-15-23(12-13-25(20)30(35)36-5)27-10-8-7-9-26(27)21(2)37-19-24(34)18-33-31(3,4)17-22-11-14-29(38-6)28(32)16-22/h7-16,21,24,33-34H,17-19H2,1-6H3/t21-,24-/m1/s1. The third-order valence-electron chi connectivity index (χ3n) is 6.56. The molecule has 0 bridgehead atoms. The molecule has 0 spiro atoms. The summed E-state index contributed by atoms with van der Waals surface area (Å²) in [5, 5.41) is 14.0. The zero-order valence-corrected chi connectivity index (χ0v) is 23.8. The number of carbonyl (C=O) groups excluding carboxylic acids is 1. The van der Waals surface area contributed by atoms with E-state index in [1.807, 2.05) is 82.5 Å². The van der Waals surface area contributed by atoms with Crippen molar-refractivity contribution in [3.63, 3.8) is 0 Å². The highest BCUT2D eigenvalue weighted by atomic mass is 32.2. The minimum absolute atomic E-state index is 0.163. The molecule has 0 radical (unpaired) electrons. The molecule has 0 aromatic heterocycles. The van der Waals surface area contributed by atoms with E-state index in [0.717, 1.165) is 27.8 Å². The summed E-state index contributed by atoms with van der Waals surface area (Å²) < 4.78 is 25.1. The number of aliphatic hydroxyl groups is 1. The number of ether oxygens (including phenoxy) is 2. The second kappa shape index (κ2) is 13.4. The summed E-state index contributed by atoms with van der Waals surface area (Å²) in [6.07, 6.45) is 1.52. The van der Waals surface area contributed by atoms with Gasteiger partial charge in [-0.3, -0.25) is 0 Å². The van der Waals surface area contributed by atoms with Crippen LogP contribution in [0.4, 0.5) is 4.39 Å². The number of esters is 1. The maximum atomic E-state index is 14.2. The fraction of sp³-hybridized carbons (Fsp3) is 0.387. The van der Waals surface area contributed by atoms with Crippen LogP contribution in [0.25, 0.3) is 11.1 Å². The smallest absolute Gasteiger partial charge is 0.338 e. The summed E-state index contributed by atoms with van der Waals surface area (Å²) in [4.78, 5) is 12.6. The number of nitrogens with one attached hydrogen (secondary N) is 1. The number of rotatable bonds is 12. The van der Waals surface area contributed by atoms with Crippen LogP contribution in [0.3, 0.4) is 0 Å². The molecule has 0 saturated heterocycles. The number of aryl methyl sites for hydroxylation is 1. The van der Waals surface area contributed by atoms with Crippen molar-refractivity contribution in [3.05, 3.63) is 88.7 Å². The molecule has 38 heavy (non-hydrogen) atoms. The van der Waals surface area contributed by atoms with Crippen LogP contribution in [0, 0.1) is 12.7 Å². The number of β-amino-alcohol motifs (C(OH)–C–C–N with tert-alkyl or cyclic N) is 1. The molecule has 0 aliphatic rings. The summed E-state index contributed by atoms with van der Waals surface area (Å²) in [5.41, 5.74) is 4.93. The number of hydrogen-bond donors (Lipinski definition) is 2. The van der Waals surface area contributed by atoms with Crippen molar-refractivity contribution in [3.8, 4) is 11.1 Å². The van der Waals surface area contributed by atoms with Crippen molar-refractivity contribution >= 4 is 17.7 Å². The van der Waals surface area contributed by atoms with Crippen LogP contribution in [-0.2, 0) is 15.9 Å². The van der Waals surface area contributed by atoms with E-state index >= 15 is 0 Å². The Kier molecular flexibility index (Phi) is 10.5. The van der Waals surface area contributed by atoms with Gasteiger partial charge in [0.2, 0.25) is 0 Å². The van der Waals surface area contributed by atoms with E-state index in [4.69, 9.17) is 9.47 Å². The van der Waals surface area contributed by atoms with Crippen LogP contribution >= 0.6 is 11.8 Å². The van der Waals surface area contributed by atoms with E-state index in [1.54, 1.807) is 12.1 Å². The molecule has 2 atom stereocenters. The second-order valence-electron chi connectivity index (χ2n) is 10.1. The van der Waals surface area contributed by atoms with Crippen molar-refractivity contribution < 1.29 is 23.8 Å². The lowest BCUT2D eigenvalue weighted by molar-refractivity contribution is -0.00397. The molecular formula is C31H38FNO4S. The molecule has 0 aliphatic heterocycles. The van der Waals surface area contributed by atoms with E-state index in [-0.39, 0.29) is 30.0 Å². The first-order valence-electron chi connectivity index (χ1n) is 12.7. The third kappa shape index (κ3) is 7.90. The SMILES string of the molecule is COC(=O)c1ccc(-c2ccccc2[C@@H](C)OC[C@H](O)CNC(C)(C)Cc2ccc(SC)c(F)c2)cc1C. The summed E-state index contributed by atoms with van der Waals surface area (Å²) in [6.45, 7) is 8.43. The van der Waals surface area contributed by atoms with Gasteiger partial charge in [-0.2, -0.15) is 0 Å². The molecule has 0 fully saturated rings. The molecular weight excluding hydrogens is 501 g/mol. The Bertz CT molecular complexity index is 1250. The van der Waals surface area contributed by atoms with Crippen molar-refractivity contribution in [2.24, 2.45) is 0 Å². The summed E-state index contributed by atoms with van der Waals surface area (Å²) in [7, 11) is 1.38. The van der Waals surface area contributed by atoms with Gasteiger partial charge in [-0.15, -0.1) is 11.8 Å². The molecule has 0 unspecified atom stereocenters. The lowest BCUT2D eigenvalue weighted by Gasteiger charge is -2.28. The van der Waals surface area contributed by atoms with Crippen molar-refractivity contribution in [2.45, 2.75) is 56.8 Å². The lowest BCUT2D eigenvalue weighted by atomic mass is 9.94. The predicted octanol–water partition coefficient (Wildman–Crippen LogP) is 6.36. The van der Waals surface area contributed by atoms with Gasteiger partial charge in [0.05, 0.1) is 31.5 Å². The van der Waals surface area contributed by atoms with Crippen molar-refractivity contribution in [2.75, 3.05) is 26.5 Å². The van der Waals surface area contributed by atoms with Crippen molar-refractivity contribution in [1.82, 2.24) is 5.32 Å². The Morgan fingerprint density at radius 2 is 1.87 bits per heavy atom. The van der Waals surface area contributed by atoms with Crippen LogP contribution in [0.15, 0.2) is 65.6 Å². The van der Waals surface area contributed by atoms with Gasteiger partial charge in [0.25, 0.3) is 0 Å². The molecule has 2 N–H and O–H groups in total. The van der Waals surface area contributed by atoms with E-state index in [2.05, 4.69) is 5.32 Å². The van der Waals surface area contributed by atoms with Crippen LogP contribution < -0.4 is 5.32 Å². The first-order valence-corrected chi connectivity index (χ1v) is 13.9. The number of halogens is 1. The Labute approximate surface area is 229 Å². The lowest BCUT2D eigenvalue weighted by Crippen LogP contribution is -2.46. The Morgan fingerprint density at radius 1 is 1.13 bits per heavy atom. The fourth-order valence-electron chi connectivity index (χ4n) is 4.48. The number of methoxy groups -OCH3 is 1. The molecule has 5 nitrogen and oxygen atoms in total. The minimum atomic E-state index is -0.707. The van der Waals surface area contributed by atoms with Crippen LogP contribution in [0.2, 0.25) is 0 Å². The highest BCUT2D eigenvalue weighted by Crippen LogP contribution is 2.31. The Morgan fingerprint density at radius 3 is 2.53 bits per heavy atom. The topological polar surface area (TPSA) is 67.8 Å². The van der Waals surface area contributed by atoms with Gasteiger partial charge < -0.3 is 19.9 Å². The van der Waals surface area contributed by atoms with Crippen LogP contribution in [-0.4, -0.2) is 49.2 Å². The zero-order chi connectivity index (χ0) is 27.9. The van der Waals surface area contributed by atoms with Gasteiger partial charge in [0.15, 0.2) is 0 Å². The van der Waals surface area contributed by atoms with Gasteiger partial charge in [-0.1, -0.05) is 42.5 Å². The maximum absolute atomic E-state index is 14.2. The van der Waals surface area contributed by atoms with E-state index in [1.165, 1.54) is 18.9 Å². The van der Waals surface area contributed by atoms with Crippen LogP contribution in [0.1, 0.15) is 53.9 Å². The number of thioether (sulfide) groups is 1. The molecule has 0 saturated carbocycles. The zero-order valence-electron chi connectivity index (χ0n) is 23.0. The first-order chi connectivity index (χ1) is 18.0. The quantitative estimate of drug-likeness (QED) is 0.206. The average Bonchev–Trinajstić information content (AvgIpc) is 2.90. The van der Waals surface area contributed by atoms with Gasteiger partial charge in [0, 0.05) is 17.0 Å². The molecule has 3 rings (SSSR count). The molecule has 0 aliphatic carbocycles. The highest BCUT2D eigenvalue weighted by molar-refractivity contribution is 7.98. The van der Waals surface area contributed by atoms with Gasteiger partial charge >= 0.3 is 5.97 Å². The molecule has 204 valence electrons. The largest absolute Gasteiger partial charge is 0.465 e. The van der Waals surface area contributed by atoms with E-state index in [9.17, 15) is 14.3 Å². The maximum Gasteiger partial charge on any atom is 0.338 e. The van der Waals surface area contributed by atoms with Gasteiger partial charge in [-0.25, -0.2) is 9.18 Å². The monoisotopic (exact) mass is 539 g/mol. The molecule has 3 aromatic carbocycles. The van der Waals surface area contributed by atoms with Gasteiger partial charge in [0.1, 0.15) is 5.82 Å². The van der Waals surface area contributed by atoms with Crippen molar-refractivity contribution in [1.29, 1.82) is 0 Å². The molecule has 0 amide bonds. The Balaban J connectivity index is 1.59. The normalized spacial score (nSPS) is 13.3. The summed E-state index contributed by atoms with van der Waals surface area (Å²) in [6, 6.07) is 19.0. The Hall–Kier alpha value is -2.71. The van der Waals surface area contributed by atoms with E-state index in [0.29, 0.717) is 23.4 Å². The van der Waals surface area contributed by atoms with Gasteiger partial charge in [-0.05, 0) is 86.4 Å². The first kappa shape index (κ1) is 29.8. The number of hydrogen-bond acceptors (Lipinski definition) is 6.